The van der Waals surface area contributed by atoms with Gasteiger partial charge in [0, 0.05) is 6.42 Å². The van der Waals surface area contributed by atoms with Gasteiger partial charge in [0.25, 0.3) is 0 Å². The predicted octanol–water partition coefficient (Wildman–Crippen LogP) is 16.9. The van der Waals surface area contributed by atoms with Gasteiger partial charge in [-0.15, -0.1) is 0 Å². The summed E-state index contributed by atoms with van der Waals surface area (Å²) in [5.74, 6) is -0.180. The van der Waals surface area contributed by atoms with E-state index in [2.05, 4.69) is 31.3 Å². The van der Waals surface area contributed by atoms with Gasteiger partial charge in [-0.2, -0.15) is 0 Å². The van der Waals surface area contributed by atoms with E-state index < -0.39 is 49.5 Å². The van der Waals surface area contributed by atoms with Gasteiger partial charge in [0.05, 0.1) is 25.4 Å². The minimum Gasteiger partial charge on any atom is -0.394 e. The number of carbonyl (C=O) groups excluding carboxylic acids is 1. The number of allylic oxidation sites excluding steroid dienone is 3. The average Bonchev–Trinajstić information content (AvgIpc) is 3.40. The van der Waals surface area contributed by atoms with E-state index in [0.717, 1.165) is 38.5 Å². The summed E-state index contributed by atoms with van der Waals surface area (Å²) < 4.78 is 11.3. The van der Waals surface area contributed by atoms with Crippen LogP contribution in [0.4, 0.5) is 0 Å². The first kappa shape index (κ1) is 70.7. The molecule has 0 aliphatic carbocycles. The Morgan fingerprint density at radius 1 is 0.446 bits per heavy atom. The first-order chi connectivity index (χ1) is 36.3. The maximum Gasteiger partial charge on any atom is 0.220 e. The molecule has 7 unspecified atom stereocenters. The monoisotopic (exact) mass is 1050 g/mol. The number of unbranched alkanes of at least 4 members (excludes halogenated alkanes) is 45. The minimum atomic E-state index is -1.57. The highest BCUT2D eigenvalue weighted by Gasteiger charge is 2.44. The number of nitrogens with one attached hydrogen (secondary N) is 1. The van der Waals surface area contributed by atoms with Crippen molar-refractivity contribution in [1.29, 1.82) is 0 Å². The van der Waals surface area contributed by atoms with Gasteiger partial charge in [0.2, 0.25) is 5.91 Å². The Hall–Kier alpha value is -1.33. The fourth-order valence-corrected chi connectivity index (χ4v) is 10.6. The van der Waals surface area contributed by atoms with E-state index >= 15 is 0 Å². The molecule has 1 aliphatic rings. The van der Waals surface area contributed by atoms with E-state index in [1.807, 2.05) is 6.08 Å². The van der Waals surface area contributed by atoms with Crippen LogP contribution < -0.4 is 5.32 Å². The molecule has 74 heavy (non-hydrogen) atoms. The smallest absolute Gasteiger partial charge is 0.220 e. The third-order valence-corrected chi connectivity index (χ3v) is 15.8. The fraction of sp³-hybridized carbons (Fsp3) is 0.923. The molecule has 6 N–H and O–H groups in total. The van der Waals surface area contributed by atoms with E-state index in [0.29, 0.717) is 6.42 Å². The van der Waals surface area contributed by atoms with Gasteiger partial charge in [-0.3, -0.25) is 4.79 Å². The third-order valence-electron chi connectivity index (χ3n) is 15.8. The van der Waals surface area contributed by atoms with Gasteiger partial charge < -0.3 is 40.3 Å². The minimum absolute atomic E-state index is 0.180. The van der Waals surface area contributed by atoms with Crippen molar-refractivity contribution < 1.29 is 39.8 Å². The number of carbonyl (C=O) groups is 1. The van der Waals surface area contributed by atoms with Gasteiger partial charge >= 0.3 is 0 Å². The molecule has 0 spiro atoms. The molecule has 1 heterocycles. The molecular formula is C65H125NO8. The first-order valence-electron chi connectivity index (χ1n) is 32.6. The van der Waals surface area contributed by atoms with E-state index in [1.54, 1.807) is 6.08 Å². The van der Waals surface area contributed by atoms with Crippen LogP contribution in [0.5, 0.6) is 0 Å². The molecular weight excluding hydrogens is 923 g/mol. The van der Waals surface area contributed by atoms with Crippen LogP contribution in [0.1, 0.15) is 328 Å². The summed E-state index contributed by atoms with van der Waals surface area (Å²) >= 11 is 0. The highest BCUT2D eigenvalue weighted by molar-refractivity contribution is 5.76. The molecule has 0 aromatic carbocycles. The topological polar surface area (TPSA) is 149 Å². The van der Waals surface area contributed by atoms with Crippen molar-refractivity contribution in [1.82, 2.24) is 5.32 Å². The lowest BCUT2D eigenvalue weighted by molar-refractivity contribution is -0.302. The molecule has 9 heteroatoms. The molecule has 1 saturated heterocycles. The van der Waals surface area contributed by atoms with Gasteiger partial charge in [0.15, 0.2) is 6.29 Å². The molecule has 0 radical (unpaired) electrons. The summed E-state index contributed by atoms with van der Waals surface area (Å²) in [6, 6.07) is -0.819. The molecule has 1 rings (SSSR count). The van der Waals surface area contributed by atoms with Crippen LogP contribution in [0.3, 0.4) is 0 Å². The molecule has 7 atom stereocenters. The number of ether oxygens (including phenoxy) is 2. The van der Waals surface area contributed by atoms with Crippen molar-refractivity contribution in [3.63, 3.8) is 0 Å². The van der Waals surface area contributed by atoms with Crippen molar-refractivity contribution in [2.75, 3.05) is 13.2 Å². The van der Waals surface area contributed by atoms with Gasteiger partial charge in [0.1, 0.15) is 24.4 Å². The third kappa shape index (κ3) is 43.6. The Morgan fingerprint density at radius 3 is 1.14 bits per heavy atom. The van der Waals surface area contributed by atoms with Crippen LogP contribution in [-0.4, -0.2) is 87.5 Å². The quantitative estimate of drug-likeness (QED) is 0.0261. The van der Waals surface area contributed by atoms with Crippen LogP contribution in [0.15, 0.2) is 24.3 Å². The molecule has 9 nitrogen and oxygen atoms in total. The molecule has 0 bridgehead atoms. The number of aliphatic hydroxyl groups excluding tert-OH is 5. The second-order valence-electron chi connectivity index (χ2n) is 22.9. The summed E-state index contributed by atoms with van der Waals surface area (Å²) in [5, 5.41) is 54.5. The second-order valence-corrected chi connectivity index (χ2v) is 22.9. The average molecular weight is 1050 g/mol. The molecule has 0 aromatic heterocycles. The maximum absolute atomic E-state index is 13.1. The summed E-state index contributed by atoms with van der Waals surface area (Å²) in [7, 11) is 0. The lowest BCUT2D eigenvalue weighted by atomic mass is 9.99. The predicted molar refractivity (Wildman–Crippen MR) is 314 cm³/mol. The molecule has 0 aromatic rings. The number of aliphatic hydroxyl groups is 5. The van der Waals surface area contributed by atoms with E-state index in [-0.39, 0.29) is 12.5 Å². The maximum atomic E-state index is 13.1. The summed E-state index contributed by atoms with van der Waals surface area (Å²) in [6.45, 7) is 3.80. The summed E-state index contributed by atoms with van der Waals surface area (Å²) in [6.07, 6.45) is 64.3. The Bertz CT molecular complexity index is 1210. The first-order valence-corrected chi connectivity index (χ1v) is 32.6. The largest absolute Gasteiger partial charge is 0.394 e. The Kier molecular flexibility index (Phi) is 52.5. The van der Waals surface area contributed by atoms with Crippen molar-refractivity contribution in [3.05, 3.63) is 24.3 Å². The Morgan fingerprint density at radius 2 is 0.770 bits per heavy atom. The van der Waals surface area contributed by atoms with Crippen molar-refractivity contribution >= 4 is 5.91 Å². The SMILES string of the molecule is CCCCCCCCCCCCC/C=C/CC/C=C/C(O)C(COC1OC(CO)C(O)C(O)C1O)NC(=O)CCCCCCCCCCCCCCCCCCCCCCCCCCCCCCCCCCCC. The van der Waals surface area contributed by atoms with Crippen LogP contribution in [-0.2, 0) is 14.3 Å². The van der Waals surface area contributed by atoms with Crippen molar-refractivity contribution in [2.45, 2.75) is 371 Å². The summed E-state index contributed by atoms with van der Waals surface area (Å²) in [5.41, 5.74) is 0. The molecule has 1 aliphatic heterocycles. The zero-order valence-corrected chi connectivity index (χ0v) is 48.9. The van der Waals surface area contributed by atoms with Gasteiger partial charge in [-0.25, -0.2) is 0 Å². The van der Waals surface area contributed by atoms with Gasteiger partial charge in [-0.1, -0.05) is 314 Å². The van der Waals surface area contributed by atoms with Crippen LogP contribution in [0, 0.1) is 0 Å². The van der Waals surface area contributed by atoms with E-state index in [9.17, 15) is 30.3 Å². The molecule has 438 valence electrons. The van der Waals surface area contributed by atoms with E-state index in [4.69, 9.17) is 9.47 Å². The molecule has 0 saturated carbocycles. The molecule has 1 fully saturated rings. The summed E-state index contributed by atoms with van der Waals surface area (Å²) in [4.78, 5) is 13.1. The van der Waals surface area contributed by atoms with E-state index in [1.165, 1.54) is 270 Å². The lowest BCUT2D eigenvalue weighted by Crippen LogP contribution is -2.60. The Labute approximate surface area is 458 Å². The van der Waals surface area contributed by atoms with Gasteiger partial charge in [-0.05, 0) is 32.1 Å². The number of rotatable bonds is 57. The number of amides is 1. The second kappa shape index (κ2) is 55.0. The number of hydrogen-bond acceptors (Lipinski definition) is 8. The zero-order chi connectivity index (χ0) is 53.6. The zero-order valence-electron chi connectivity index (χ0n) is 48.9. The van der Waals surface area contributed by atoms with Crippen LogP contribution in [0.25, 0.3) is 0 Å². The number of hydrogen-bond donors (Lipinski definition) is 6. The van der Waals surface area contributed by atoms with Crippen LogP contribution >= 0.6 is 0 Å². The normalized spacial score (nSPS) is 19.0. The fourth-order valence-electron chi connectivity index (χ4n) is 10.6. The molecule has 1 amide bonds. The van der Waals surface area contributed by atoms with Crippen LogP contribution in [0.2, 0.25) is 0 Å². The highest BCUT2D eigenvalue weighted by atomic mass is 16.7. The Balaban J connectivity index is 2.10. The lowest BCUT2D eigenvalue weighted by Gasteiger charge is -2.40. The van der Waals surface area contributed by atoms with Crippen molar-refractivity contribution in [2.24, 2.45) is 0 Å². The highest BCUT2D eigenvalue weighted by Crippen LogP contribution is 2.23. The van der Waals surface area contributed by atoms with Crippen molar-refractivity contribution in [3.8, 4) is 0 Å². The standard InChI is InChI=1S/C65H125NO8/c1-3-5-7-9-11-13-15-17-19-21-22-23-24-25-26-27-28-29-30-31-32-33-34-35-36-37-39-41-43-45-47-49-51-53-55-61(69)66-58(57-73-65-64(72)63(71)62(70)60(56-67)74-65)59(68)54-52-50-48-46-44-42-40-38-20-18-16-14-12-10-8-6-4-2/h44,46,52,54,58-60,62-65,67-68,70-72H,3-43,45,47-51,53,55-57H2,1-2H3,(H,66,69)/b46-44+,54-52+.